The Morgan fingerprint density at radius 3 is 2.42 bits per heavy atom. The second-order valence-electron chi connectivity index (χ2n) is 7.27. The van der Waals surface area contributed by atoms with Crippen LogP contribution in [0.2, 0.25) is 0 Å². The van der Waals surface area contributed by atoms with Crippen molar-refractivity contribution in [2.24, 2.45) is 0 Å². The number of nitrogens with one attached hydrogen (secondary N) is 1. The molecular formula is C22H29BrN2O5S. The smallest absolute Gasteiger partial charge is 0.264 e. The highest BCUT2D eigenvalue weighted by Crippen LogP contribution is 2.30. The number of hydrogen-bond donors (Lipinski definition) is 1. The van der Waals surface area contributed by atoms with E-state index in [1.54, 1.807) is 18.2 Å². The summed E-state index contributed by atoms with van der Waals surface area (Å²) in [5.41, 5.74) is 1.40. The standard InChI is InChI=1S/C22H29BrN2O5S/c1-16(2)30-13-5-12-24-22(26)15-25(18-8-6-17(3)7-9-18)31(27,28)19-10-11-21(29-4)20(23)14-19/h6-11,14,16H,5,12-13,15H2,1-4H3,(H,24,26). The number of carbonyl (C=O) groups excluding carboxylic acids is 1. The summed E-state index contributed by atoms with van der Waals surface area (Å²) in [5, 5.41) is 2.77. The number of ether oxygens (including phenoxy) is 2. The van der Waals surface area contributed by atoms with Crippen molar-refractivity contribution in [3.8, 4) is 5.75 Å². The number of benzene rings is 2. The lowest BCUT2D eigenvalue weighted by Crippen LogP contribution is -2.41. The van der Waals surface area contributed by atoms with E-state index in [9.17, 15) is 13.2 Å². The fourth-order valence-corrected chi connectivity index (χ4v) is 4.91. The maximum absolute atomic E-state index is 13.4. The summed E-state index contributed by atoms with van der Waals surface area (Å²) in [7, 11) is -2.49. The number of halogens is 1. The molecule has 0 aliphatic rings. The largest absolute Gasteiger partial charge is 0.496 e. The molecule has 0 radical (unpaired) electrons. The Kier molecular flexibility index (Phi) is 9.33. The van der Waals surface area contributed by atoms with Crippen LogP contribution in [0.15, 0.2) is 51.8 Å². The first-order valence-corrected chi connectivity index (χ1v) is 12.2. The van der Waals surface area contributed by atoms with Crippen LogP contribution in [0.4, 0.5) is 5.69 Å². The summed E-state index contributed by atoms with van der Waals surface area (Å²) in [4.78, 5) is 12.6. The fraction of sp³-hybridized carbons (Fsp3) is 0.409. The topological polar surface area (TPSA) is 84.9 Å². The van der Waals surface area contributed by atoms with Crippen molar-refractivity contribution in [2.45, 2.75) is 38.2 Å². The fourth-order valence-electron chi connectivity index (χ4n) is 2.77. The van der Waals surface area contributed by atoms with Gasteiger partial charge in [0.05, 0.1) is 28.3 Å². The van der Waals surface area contributed by atoms with E-state index in [0.29, 0.717) is 35.5 Å². The summed E-state index contributed by atoms with van der Waals surface area (Å²) >= 11 is 3.33. The molecule has 170 valence electrons. The molecule has 0 saturated heterocycles. The van der Waals surface area contributed by atoms with Gasteiger partial charge in [0, 0.05) is 13.2 Å². The molecule has 1 amide bonds. The number of carbonyl (C=O) groups is 1. The van der Waals surface area contributed by atoms with E-state index >= 15 is 0 Å². The Hall–Kier alpha value is -2.10. The molecule has 0 aliphatic carbocycles. The predicted molar refractivity (Wildman–Crippen MR) is 125 cm³/mol. The molecule has 0 fully saturated rings. The van der Waals surface area contributed by atoms with Crippen molar-refractivity contribution in [1.29, 1.82) is 0 Å². The number of anilines is 1. The minimum Gasteiger partial charge on any atom is -0.496 e. The Bertz CT molecular complexity index is 978. The zero-order valence-corrected chi connectivity index (χ0v) is 20.6. The zero-order chi connectivity index (χ0) is 23.0. The highest BCUT2D eigenvalue weighted by Gasteiger charge is 2.28. The van der Waals surface area contributed by atoms with Crippen LogP contribution >= 0.6 is 15.9 Å². The second-order valence-corrected chi connectivity index (χ2v) is 9.98. The normalized spacial score (nSPS) is 11.4. The van der Waals surface area contributed by atoms with Crippen LogP contribution in [0.5, 0.6) is 5.75 Å². The minimum absolute atomic E-state index is 0.0545. The van der Waals surface area contributed by atoms with E-state index in [4.69, 9.17) is 9.47 Å². The van der Waals surface area contributed by atoms with E-state index in [2.05, 4.69) is 21.2 Å². The summed E-state index contributed by atoms with van der Waals surface area (Å²) in [5.74, 6) is 0.128. The van der Waals surface area contributed by atoms with E-state index in [1.807, 2.05) is 32.9 Å². The molecule has 0 spiro atoms. The Morgan fingerprint density at radius 2 is 1.84 bits per heavy atom. The van der Waals surface area contributed by atoms with Gasteiger partial charge in [-0.25, -0.2) is 8.42 Å². The molecule has 2 rings (SSSR count). The lowest BCUT2D eigenvalue weighted by Gasteiger charge is -2.24. The van der Waals surface area contributed by atoms with Crippen molar-refractivity contribution in [1.82, 2.24) is 5.32 Å². The van der Waals surface area contributed by atoms with Crippen LogP contribution in [-0.2, 0) is 19.6 Å². The molecule has 0 bridgehead atoms. The maximum Gasteiger partial charge on any atom is 0.264 e. The summed E-state index contributed by atoms with van der Waals surface area (Å²) in [6, 6.07) is 11.5. The Balaban J connectivity index is 2.23. The molecule has 0 atom stereocenters. The highest BCUT2D eigenvalue weighted by atomic mass is 79.9. The van der Waals surface area contributed by atoms with Gasteiger partial charge in [0.1, 0.15) is 12.3 Å². The number of sulfonamides is 1. The Labute approximate surface area is 192 Å². The average Bonchev–Trinajstić information content (AvgIpc) is 2.72. The summed E-state index contributed by atoms with van der Waals surface area (Å²) < 4.78 is 39.1. The van der Waals surface area contributed by atoms with Crippen molar-refractivity contribution in [3.63, 3.8) is 0 Å². The van der Waals surface area contributed by atoms with Crippen LogP contribution in [0.25, 0.3) is 0 Å². The average molecular weight is 513 g/mol. The third kappa shape index (κ3) is 7.22. The van der Waals surface area contributed by atoms with Crippen LogP contribution in [0.3, 0.4) is 0 Å². The predicted octanol–water partition coefficient (Wildman–Crippen LogP) is 3.89. The van der Waals surface area contributed by atoms with Crippen LogP contribution in [0, 0.1) is 6.92 Å². The molecule has 2 aromatic carbocycles. The van der Waals surface area contributed by atoms with E-state index in [1.165, 1.54) is 19.2 Å². The van der Waals surface area contributed by atoms with Crippen LogP contribution in [-0.4, -0.2) is 47.2 Å². The first kappa shape index (κ1) is 25.2. The molecule has 1 N–H and O–H groups in total. The highest BCUT2D eigenvalue weighted by molar-refractivity contribution is 9.10. The van der Waals surface area contributed by atoms with Crippen molar-refractivity contribution < 1.29 is 22.7 Å². The molecule has 2 aromatic rings. The van der Waals surface area contributed by atoms with Gasteiger partial charge in [-0.2, -0.15) is 0 Å². The quantitative estimate of drug-likeness (QED) is 0.461. The molecule has 0 aromatic heterocycles. The lowest BCUT2D eigenvalue weighted by molar-refractivity contribution is -0.119. The monoisotopic (exact) mass is 512 g/mol. The number of methoxy groups -OCH3 is 1. The number of nitrogens with zero attached hydrogens (tertiary/aromatic N) is 1. The molecular weight excluding hydrogens is 484 g/mol. The van der Waals surface area contributed by atoms with E-state index < -0.39 is 10.0 Å². The number of hydrogen-bond acceptors (Lipinski definition) is 5. The van der Waals surface area contributed by atoms with Gasteiger partial charge in [-0.05, 0) is 73.5 Å². The number of rotatable bonds is 11. The molecule has 0 unspecified atom stereocenters. The first-order chi connectivity index (χ1) is 14.6. The summed E-state index contributed by atoms with van der Waals surface area (Å²) in [6.07, 6.45) is 0.772. The van der Waals surface area contributed by atoms with Gasteiger partial charge in [0.15, 0.2) is 0 Å². The van der Waals surface area contributed by atoms with Crippen LogP contribution < -0.4 is 14.4 Å². The van der Waals surface area contributed by atoms with Gasteiger partial charge in [0.25, 0.3) is 10.0 Å². The van der Waals surface area contributed by atoms with Gasteiger partial charge in [-0.3, -0.25) is 9.10 Å². The number of amides is 1. The van der Waals surface area contributed by atoms with E-state index in [-0.39, 0.29) is 23.5 Å². The molecule has 9 heteroatoms. The van der Waals surface area contributed by atoms with Gasteiger partial charge >= 0.3 is 0 Å². The van der Waals surface area contributed by atoms with Gasteiger partial charge in [0.2, 0.25) is 5.91 Å². The van der Waals surface area contributed by atoms with E-state index in [0.717, 1.165) is 9.87 Å². The maximum atomic E-state index is 13.4. The van der Waals surface area contributed by atoms with Crippen LogP contribution in [0.1, 0.15) is 25.8 Å². The SMILES string of the molecule is COc1ccc(S(=O)(=O)N(CC(=O)NCCCOC(C)C)c2ccc(C)cc2)cc1Br. The van der Waals surface area contributed by atoms with Crippen molar-refractivity contribution in [2.75, 3.05) is 31.1 Å². The second kappa shape index (κ2) is 11.5. The number of aryl methyl sites for hydroxylation is 1. The van der Waals surface area contributed by atoms with Crippen molar-refractivity contribution >= 4 is 37.5 Å². The Morgan fingerprint density at radius 1 is 1.16 bits per heavy atom. The molecule has 0 saturated carbocycles. The summed E-state index contributed by atoms with van der Waals surface area (Å²) in [6.45, 7) is 6.40. The van der Waals surface area contributed by atoms with Gasteiger partial charge < -0.3 is 14.8 Å². The molecule has 7 nitrogen and oxygen atoms in total. The molecule has 0 heterocycles. The van der Waals surface area contributed by atoms with Crippen molar-refractivity contribution in [3.05, 3.63) is 52.5 Å². The third-order valence-electron chi connectivity index (χ3n) is 4.41. The first-order valence-electron chi connectivity index (χ1n) is 9.96. The third-order valence-corrected chi connectivity index (χ3v) is 6.80. The molecule has 0 aliphatic heterocycles. The lowest BCUT2D eigenvalue weighted by atomic mass is 10.2. The van der Waals surface area contributed by atoms with Gasteiger partial charge in [-0.15, -0.1) is 0 Å². The van der Waals surface area contributed by atoms with Gasteiger partial charge in [-0.1, -0.05) is 17.7 Å². The zero-order valence-electron chi connectivity index (χ0n) is 18.2. The minimum atomic E-state index is -3.99. The molecule has 31 heavy (non-hydrogen) atoms.